The molecule has 0 bridgehead atoms. The molecular formula is C15H20N4O2. The zero-order valence-corrected chi connectivity index (χ0v) is 12.6. The summed E-state index contributed by atoms with van der Waals surface area (Å²) in [5, 5.41) is 18.7. The SMILES string of the molecule is CNCc1c(C)nn(CCc2ccccc2[N+](=O)[O-])c1C. The number of benzene rings is 1. The summed E-state index contributed by atoms with van der Waals surface area (Å²) in [6.07, 6.45) is 0.595. The number of aryl methyl sites for hydroxylation is 3. The quantitative estimate of drug-likeness (QED) is 0.654. The van der Waals surface area contributed by atoms with Crippen LogP contribution in [0.2, 0.25) is 0 Å². The Hall–Kier alpha value is -2.21. The van der Waals surface area contributed by atoms with Gasteiger partial charge >= 0.3 is 0 Å². The van der Waals surface area contributed by atoms with Crippen LogP contribution in [0.4, 0.5) is 5.69 Å². The van der Waals surface area contributed by atoms with E-state index < -0.39 is 0 Å². The van der Waals surface area contributed by atoms with Crippen molar-refractivity contribution < 1.29 is 4.92 Å². The van der Waals surface area contributed by atoms with Crippen LogP contribution >= 0.6 is 0 Å². The first kappa shape index (κ1) is 15.2. The van der Waals surface area contributed by atoms with E-state index in [0.29, 0.717) is 13.0 Å². The van der Waals surface area contributed by atoms with Crippen LogP contribution in [-0.4, -0.2) is 21.8 Å². The fraction of sp³-hybridized carbons (Fsp3) is 0.400. The highest BCUT2D eigenvalue weighted by molar-refractivity contribution is 5.39. The van der Waals surface area contributed by atoms with Gasteiger partial charge in [0.2, 0.25) is 0 Å². The number of hydrogen-bond donors (Lipinski definition) is 1. The van der Waals surface area contributed by atoms with E-state index in [2.05, 4.69) is 10.4 Å². The topological polar surface area (TPSA) is 73.0 Å². The maximum absolute atomic E-state index is 11.0. The molecule has 1 N–H and O–H groups in total. The predicted octanol–water partition coefficient (Wildman–Crippen LogP) is 2.37. The molecule has 0 aliphatic rings. The van der Waals surface area contributed by atoms with E-state index in [4.69, 9.17) is 0 Å². The summed E-state index contributed by atoms with van der Waals surface area (Å²) in [6, 6.07) is 6.87. The number of para-hydroxylation sites is 1. The van der Waals surface area contributed by atoms with E-state index in [1.807, 2.05) is 31.6 Å². The second-order valence-electron chi connectivity index (χ2n) is 5.04. The van der Waals surface area contributed by atoms with Crippen molar-refractivity contribution >= 4 is 5.69 Å². The number of hydrogen-bond acceptors (Lipinski definition) is 4. The molecule has 2 aromatic rings. The van der Waals surface area contributed by atoms with Crippen molar-refractivity contribution in [3.8, 4) is 0 Å². The molecule has 0 aliphatic heterocycles. The van der Waals surface area contributed by atoms with Crippen LogP contribution in [0.3, 0.4) is 0 Å². The van der Waals surface area contributed by atoms with Gasteiger partial charge in [0.15, 0.2) is 0 Å². The molecule has 0 fully saturated rings. The minimum Gasteiger partial charge on any atom is -0.316 e. The van der Waals surface area contributed by atoms with Gasteiger partial charge in [0.1, 0.15) is 0 Å². The summed E-state index contributed by atoms with van der Waals surface area (Å²) in [5.41, 5.74) is 4.23. The van der Waals surface area contributed by atoms with Crippen LogP contribution in [0, 0.1) is 24.0 Å². The Morgan fingerprint density at radius 1 is 1.33 bits per heavy atom. The largest absolute Gasteiger partial charge is 0.316 e. The fourth-order valence-electron chi connectivity index (χ4n) is 2.51. The molecule has 6 heteroatoms. The summed E-state index contributed by atoms with van der Waals surface area (Å²) in [7, 11) is 1.91. The summed E-state index contributed by atoms with van der Waals surface area (Å²) in [4.78, 5) is 10.7. The number of nitro groups is 1. The average molecular weight is 288 g/mol. The molecule has 1 heterocycles. The van der Waals surface area contributed by atoms with Crippen LogP contribution in [0.1, 0.15) is 22.5 Å². The lowest BCUT2D eigenvalue weighted by Gasteiger charge is -2.06. The monoisotopic (exact) mass is 288 g/mol. The van der Waals surface area contributed by atoms with Crippen LogP contribution in [0.15, 0.2) is 24.3 Å². The maximum atomic E-state index is 11.0. The van der Waals surface area contributed by atoms with Gasteiger partial charge in [-0.1, -0.05) is 18.2 Å². The maximum Gasteiger partial charge on any atom is 0.272 e. The zero-order valence-electron chi connectivity index (χ0n) is 12.6. The molecule has 21 heavy (non-hydrogen) atoms. The second kappa shape index (κ2) is 6.49. The van der Waals surface area contributed by atoms with Gasteiger partial charge in [0.25, 0.3) is 5.69 Å². The molecule has 0 aliphatic carbocycles. The highest BCUT2D eigenvalue weighted by atomic mass is 16.6. The molecule has 0 saturated heterocycles. The third kappa shape index (κ3) is 3.28. The Bertz CT molecular complexity index is 649. The highest BCUT2D eigenvalue weighted by Gasteiger charge is 2.14. The molecule has 0 atom stereocenters. The smallest absolute Gasteiger partial charge is 0.272 e. The summed E-state index contributed by atoms with van der Waals surface area (Å²) < 4.78 is 1.93. The Kier molecular flexibility index (Phi) is 4.70. The van der Waals surface area contributed by atoms with E-state index in [-0.39, 0.29) is 10.6 Å². The number of rotatable bonds is 6. The molecular weight excluding hydrogens is 268 g/mol. The third-order valence-corrected chi connectivity index (χ3v) is 3.67. The third-order valence-electron chi connectivity index (χ3n) is 3.67. The van der Waals surface area contributed by atoms with Crippen molar-refractivity contribution in [2.24, 2.45) is 0 Å². The van der Waals surface area contributed by atoms with Gasteiger partial charge in [-0.15, -0.1) is 0 Å². The minimum absolute atomic E-state index is 0.175. The number of nitrogens with one attached hydrogen (secondary N) is 1. The predicted molar refractivity (Wildman–Crippen MR) is 81.3 cm³/mol. The van der Waals surface area contributed by atoms with Crippen LogP contribution in [-0.2, 0) is 19.5 Å². The zero-order chi connectivity index (χ0) is 15.4. The Morgan fingerprint density at radius 2 is 2.05 bits per heavy atom. The van der Waals surface area contributed by atoms with E-state index in [1.54, 1.807) is 18.2 Å². The van der Waals surface area contributed by atoms with Gasteiger partial charge in [0, 0.05) is 36.0 Å². The first-order valence-corrected chi connectivity index (χ1v) is 6.94. The van der Waals surface area contributed by atoms with Crippen LogP contribution in [0.5, 0.6) is 0 Å². The number of nitro benzene ring substituents is 1. The first-order chi connectivity index (χ1) is 10.0. The average Bonchev–Trinajstić information content (AvgIpc) is 2.73. The first-order valence-electron chi connectivity index (χ1n) is 6.94. The van der Waals surface area contributed by atoms with Crippen molar-refractivity contribution in [1.29, 1.82) is 0 Å². The van der Waals surface area contributed by atoms with Crippen molar-refractivity contribution in [2.45, 2.75) is 33.4 Å². The summed E-state index contributed by atoms with van der Waals surface area (Å²) >= 11 is 0. The molecule has 0 amide bonds. The number of aromatic nitrogens is 2. The van der Waals surface area contributed by atoms with Gasteiger partial charge in [0.05, 0.1) is 10.6 Å². The normalized spacial score (nSPS) is 10.8. The van der Waals surface area contributed by atoms with Crippen molar-refractivity contribution in [2.75, 3.05) is 7.05 Å². The highest BCUT2D eigenvalue weighted by Crippen LogP contribution is 2.19. The van der Waals surface area contributed by atoms with Gasteiger partial charge in [-0.2, -0.15) is 5.10 Å². The lowest BCUT2D eigenvalue weighted by molar-refractivity contribution is -0.385. The molecule has 0 unspecified atom stereocenters. The van der Waals surface area contributed by atoms with Gasteiger partial charge in [-0.05, 0) is 27.3 Å². The molecule has 2 rings (SSSR count). The van der Waals surface area contributed by atoms with E-state index in [1.165, 1.54) is 5.56 Å². The van der Waals surface area contributed by atoms with Gasteiger partial charge < -0.3 is 5.32 Å². The van der Waals surface area contributed by atoms with Gasteiger partial charge in [-0.25, -0.2) is 0 Å². The lowest BCUT2D eigenvalue weighted by atomic mass is 10.1. The molecule has 1 aromatic carbocycles. The Balaban J connectivity index is 2.18. The lowest BCUT2D eigenvalue weighted by Crippen LogP contribution is -2.09. The molecule has 0 saturated carbocycles. The van der Waals surface area contributed by atoms with Crippen molar-refractivity contribution in [3.05, 3.63) is 56.9 Å². The molecule has 0 radical (unpaired) electrons. The van der Waals surface area contributed by atoms with Crippen LogP contribution < -0.4 is 5.32 Å². The molecule has 1 aromatic heterocycles. The van der Waals surface area contributed by atoms with E-state index >= 15 is 0 Å². The summed E-state index contributed by atoms with van der Waals surface area (Å²) in [6.45, 7) is 5.44. The van der Waals surface area contributed by atoms with E-state index in [9.17, 15) is 10.1 Å². The van der Waals surface area contributed by atoms with Crippen LogP contribution in [0.25, 0.3) is 0 Å². The number of nitrogens with zero attached hydrogens (tertiary/aromatic N) is 3. The van der Waals surface area contributed by atoms with Crippen molar-refractivity contribution in [1.82, 2.24) is 15.1 Å². The molecule has 112 valence electrons. The Labute approximate surface area is 123 Å². The molecule has 6 nitrogen and oxygen atoms in total. The fourth-order valence-corrected chi connectivity index (χ4v) is 2.51. The van der Waals surface area contributed by atoms with Gasteiger partial charge in [-0.3, -0.25) is 14.8 Å². The van der Waals surface area contributed by atoms with E-state index in [0.717, 1.165) is 23.5 Å². The molecule has 0 spiro atoms. The van der Waals surface area contributed by atoms with Crippen molar-refractivity contribution in [3.63, 3.8) is 0 Å². The minimum atomic E-state index is -0.330. The standard InChI is InChI=1S/C15H20N4O2/c1-11-14(10-16-3)12(2)18(17-11)9-8-13-6-4-5-7-15(13)19(20)21/h4-7,16H,8-10H2,1-3H3. The Morgan fingerprint density at radius 3 is 2.71 bits per heavy atom. The summed E-state index contributed by atoms with van der Waals surface area (Å²) in [5.74, 6) is 0. The second-order valence-corrected chi connectivity index (χ2v) is 5.04.